The monoisotopic (exact) mass is 449 g/mol. The lowest BCUT2D eigenvalue weighted by atomic mass is 10.0. The van der Waals surface area contributed by atoms with E-state index in [0.29, 0.717) is 23.1 Å². The Morgan fingerprint density at radius 1 is 1.10 bits per heavy atom. The molecule has 6 heteroatoms. The van der Waals surface area contributed by atoms with E-state index in [4.69, 9.17) is 4.74 Å². The molecular formula is C23H20BrN3O2. The molecule has 0 aliphatic carbocycles. The van der Waals surface area contributed by atoms with Crippen molar-refractivity contribution in [3.05, 3.63) is 80.8 Å². The smallest absolute Gasteiger partial charge is 0.282 e. The van der Waals surface area contributed by atoms with Crippen molar-refractivity contribution in [2.24, 2.45) is 5.10 Å². The Morgan fingerprint density at radius 2 is 1.90 bits per heavy atom. The van der Waals surface area contributed by atoms with Crippen LogP contribution in [-0.2, 0) is 6.42 Å². The van der Waals surface area contributed by atoms with Crippen molar-refractivity contribution in [1.29, 1.82) is 0 Å². The summed E-state index contributed by atoms with van der Waals surface area (Å²) in [6, 6.07) is 17.4. The topological polar surface area (TPSA) is 56.5 Å². The summed E-state index contributed by atoms with van der Waals surface area (Å²) in [6.45, 7) is 2.06. The minimum atomic E-state index is -0.172. The molecule has 4 aromatic rings. The van der Waals surface area contributed by atoms with E-state index < -0.39 is 0 Å². The molecule has 0 aliphatic rings. The van der Waals surface area contributed by atoms with Gasteiger partial charge in [0.15, 0.2) is 0 Å². The van der Waals surface area contributed by atoms with Crippen LogP contribution in [0.1, 0.15) is 24.7 Å². The molecule has 146 valence electrons. The van der Waals surface area contributed by atoms with Gasteiger partial charge in [-0.15, -0.1) is 0 Å². The highest BCUT2D eigenvalue weighted by Gasteiger charge is 2.11. The fraction of sp³-hybridized carbons (Fsp3) is 0.174. The van der Waals surface area contributed by atoms with Gasteiger partial charge >= 0.3 is 0 Å². The molecule has 0 atom stereocenters. The summed E-state index contributed by atoms with van der Waals surface area (Å²) >= 11 is 3.43. The predicted octanol–water partition coefficient (Wildman–Crippen LogP) is 5.16. The number of nitrogens with zero attached hydrogens (tertiary/aromatic N) is 3. The molecule has 5 nitrogen and oxygen atoms in total. The molecule has 0 aliphatic heterocycles. The molecule has 0 amide bonds. The molecule has 0 spiro atoms. The molecule has 0 unspecified atom stereocenters. The summed E-state index contributed by atoms with van der Waals surface area (Å²) in [4.78, 5) is 17.8. The number of methoxy groups -OCH3 is 1. The van der Waals surface area contributed by atoms with Crippen LogP contribution in [0.2, 0.25) is 0 Å². The summed E-state index contributed by atoms with van der Waals surface area (Å²) in [6.07, 6.45) is 3.26. The highest BCUT2D eigenvalue weighted by atomic mass is 79.9. The molecule has 0 bridgehead atoms. The Bertz CT molecular complexity index is 1290. The van der Waals surface area contributed by atoms with E-state index >= 15 is 0 Å². The predicted molar refractivity (Wildman–Crippen MR) is 121 cm³/mol. The number of halogens is 1. The van der Waals surface area contributed by atoms with E-state index in [2.05, 4.69) is 32.9 Å². The largest absolute Gasteiger partial charge is 0.496 e. The summed E-state index contributed by atoms with van der Waals surface area (Å²) in [7, 11) is 1.66. The lowest BCUT2D eigenvalue weighted by Gasteiger charge is -2.10. The van der Waals surface area contributed by atoms with Gasteiger partial charge in [0.1, 0.15) is 11.6 Å². The highest BCUT2D eigenvalue weighted by molar-refractivity contribution is 9.10. The fourth-order valence-corrected chi connectivity index (χ4v) is 3.77. The minimum absolute atomic E-state index is 0.172. The van der Waals surface area contributed by atoms with Crippen molar-refractivity contribution in [3.8, 4) is 5.75 Å². The molecule has 0 saturated carbocycles. The van der Waals surface area contributed by atoms with Crippen molar-refractivity contribution in [2.45, 2.75) is 19.8 Å². The molecule has 3 aromatic carbocycles. The summed E-state index contributed by atoms with van der Waals surface area (Å²) in [5.74, 6) is 1.46. The van der Waals surface area contributed by atoms with Gasteiger partial charge in [0.05, 0.1) is 24.2 Å². The minimum Gasteiger partial charge on any atom is -0.496 e. The second kappa shape index (κ2) is 8.17. The Morgan fingerprint density at radius 3 is 2.66 bits per heavy atom. The average molecular weight is 450 g/mol. The van der Waals surface area contributed by atoms with Crippen LogP contribution in [0.25, 0.3) is 21.7 Å². The number of benzene rings is 3. The molecule has 0 radical (unpaired) electrons. The van der Waals surface area contributed by atoms with Crippen molar-refractivity contribution in [3.63, 3.8) is 0 Å². The maximum absolute atomic E-state index is 13.1. The van der Waals surface area contributed by atoms with Gasteiger partial charge in [-0.1, -0.05) is 47.1 Å². The first kappa shape index (κ1) is 19.3. The number of aromatic nitrogens is 2. The van der Waals surface area contributed by atoms with E-state index in [9.17, 15) is 4.79 Å². The average Bonchev–Trinajstić information content (AvgIpc) is 2.74. The van der Waals surface area contributed by atoms with Gasteiger partial charge in [0.25, 0.3) is 5.56 Å². The summed E-state index contributed by atoms with van der Waals surface area (Å²) in [5, 5.41) is 7.09. The third-order valence-electron chi connectivity index (χ3n) is 4.80. The van der Waals surface area contributed by atoms with Crippen LogP contribution < -0.4 is 10.3 Å². The van der Waals surface area contributed by atoms with Gasteiger partial charge in [-0.25, -0.2) is 4.98 Å². The van der Waals surface area contributed by atoms with Crippen LogP contribution in [0.15, 0.2) is 69.0 Å². The Hall–Kier alpha value is -2.99. The second-order valence-corrected chi connectivity index (χ2v) is 7.62. The first-order chi connectivity index (χ1) is 14.1. The molecular weight excluding hydrogens is 430 g/mol. The molecule has 1 aromatic heterocycles. The van der Waals surface area contributed by atoms with Crippen LogP contribution in [0.5, 0.6) is 5.75 Å². The number of hydrogen-bond donors (Lipinski definition) is 0. The third kappa shape index (κ3) is 3.68. The Kier molecular flexibility index (Phi) is 5.45. The fourth-order valence-electron chi connectivity index (χ4n) is 3.40. The van der Waals surface area contributed by atoms with Crippen molar-refractivity contribution in [2.75, 3.05) is 7.11 Å². The van der Waals surface area contributed by atoms with Gasteiger partial charge in [0.2, 0.25) is 0 Å². The zero-order chi connectivity index (χ0) is 20.4. The van der Waals surface area contributed by atoms with E-state index in [-0.39, 0.29) is 5.56 Å². The van der Waals surface area contributed by atoms with E-state index in [0.717, 1.165) is 33.0 Å². The molecule has 0 saturated heterocycles. The molecule has 1 heterocycles. The Labute approximate surface area is 176 Å². The standard InChI is InChI=1S/C23H20BrN3O2/c1-3-6-22-26-20-11-10-16(24)13-19(20)23(28)27(22)25-14-15-9-12-21(29-2)18-8-5-4-7-17(15)18/h4-5,7-14H,3,6H2,1-2H3. The molecule has 0 fully saturated rings. The van der Waals surface area contributed by atoms with E-state index in [1.807, 2.05) is 48.5 Å². The molecule has 29 heavy (non-hydrogen) atoms. The van der Waals surface area contributed by atoms with Crippen LogP contribution in [0.4, 0.5) is 0 Å². The molecule has 0 N–H and O–H groups in total. The summed E-state index contributed by atoms with van der Waals surface area (Å²) < 4.78 is 7.71. The first-order valence-corrected chi connectivity index (χ1v) is 10.2. The van der Waals surface area contributed by atoms with Gasteiger partial charge < -0.3 is 4.74 Å². The van der Waals surface area contributed by atoms with Gasteiger partial charge in [-0.3, -0.25) is 4.79 Å². The maximum Gasteiger partial charge on any atom is 0.282 e. The summed E-state index contributed by atoms with van der Waals surface area (Å²) in [5.41, 5.74) is 1.42. The number of hydrogen-bond acceptors (Lipinski definition) is 4. The third-order valence-corrected chi connectivity index (χ3v) is 5.29. The van der Waals surface area contributed by atoms with E-state index in [1.54, 1.807) is 19.4 Å². The van der Waals surface area contributed by atoms with Crippen molar-refractivity contribution < 1.29 is 4.74 Å². The SMILES string of the molecule is CCCc1nc2ccc(Br)cc2c(=O)n1N=Cc1ccc(OC)c2ccccc12. The van der Waals surface area contributed by atoms with E-state index in [1.165, 1.54) is 4.68 Å². The highest BCUT2D eigenvalue weighted by Crippen LogP contribution is 2.27. The van der Waals surface area contributed by atoms with Crippen LogP contribution in [0, 0.1) is 0 Å². The normalized spacial score (nSPS) is 11.6. The zero-order valence-corrected chi connectivity index (χ0v) is 17.8. The zero-order valence-electron chi connectivity index (χ0n) is 16.2. The first-order valence-electron chi connectivity index (χ1n) is 9.43. The number of aryl methyl sites for hydroxylation is 1. The number of ether oxygens (including phenoxy) is 1. The lowest BCUT2D eigenvalue weighted by Crippen LogP contribution is -2.22. The van der Waals surface area contributed by atoms with Crippen LogP contribution in [-0.4, -0.2) is 23.0 Å². The molecule has 4 rings (SSSR count). The second-order valence-electron chi connectivity index (χ2n) is 6.70. The van der Waals surface area contributed by atoms with Gasteiger partial charge in [0, 0.05) is 21.8 Å². The van der Waals surface area contributed by atoms with Crippen LogP contribution >= 0.6 is 15.9 Å². The quantitative estimate of drug-likeness (QED) is 0.395. The van der Waals surface area contributed by atoms with Gasteiger partial charge in [-0.05, 0) is 42.1 Å². The van der Waals surface area contributed by atoms with Gasteiger partial charge in [-0.2, -0.15) is 9.78 Å². The number of fused-ring (bicyclic) bond motifs is 2. The van der Waals surface area contributed by atoms with Crippen molar-refractivity contribution in [1.82, 2.24) is 9.66 Å². The Balaban J connectivity index is 1.89. The van der Waals surface area contributed by atoms with Crippen LogP contribution in [0.3, 0.4) is 0 Å². The maximum atomic E-state index is 13.1. The number of rotatable bonds is 5. The lowest BCUT2D eigenvalue weighted by molar-refractivity contribution is 0.420. The van der Waals surface area contributed by atoms with Crippen molar-refractivity contribution >= 4 is 43.8 Å².